The third kappa shape index (κ3) is 3.66. The van der Waals surface area contributed by atoms with Crippen LogP contribution >= 0.6 is 0 Å². The van der Waals surface area contributed by atoms with Crippen LogP contribution in [-0.2, 0) is 0 Å². The molecule has 9 heteroatoms. The summed E-state index contributed by atoms with van der Waals surface area (Å²) in [6.07, 6.45) is 3.69. The molecule has 2 aliphatic rings. The van der Waals surface area contributed by atoms with Gasteiger partial charge in [0.05, 0.1) is 5.56 Å². The minimum Gasteiger partial charge on any atom is -0.337 e. The molecule has 0 N–H and O–H groups in total. The molecule has 9 nitrogen and oxygen atoms in total. The molecule has 0 saturated carbocycles. The summed E-state index contributed by atoms with van der Waals surface area (Å²) >= 11 is 0. The van der Waals surface area contributed by atoms with Gasteiger partial charge in [-0.1, -0.05) is 0 Å². The van der Waals surface area contributed by atoms with E-state index in [9.17, 15) is 9.59 Å². The monoisotopic (exact) mass is 399 g/mol. The van der Waals surface area contributed by atoms with E-state index in [1.165, 1.54) is 0 Å². The largest absolute Gasteiger partial charge is 0.337 e. The summed E-state index contributed by atoms with van der Waals surface area (Å²) in [4.78, 5) is 32.8. The van der Waals surface area contributed by atoms with Crippen molar-refractivity contribution in [3.8, 4) is 0 Å². The highest BCUT2D eigenvalue weighted by Gasteiger charge is 2.32. The Morgan fingerprint density at radius 3 is 2.45 bits per heavy atom. The molecule has 29 heavy (non-hydrogen) atoms. The van der Waals surface area contributed by atoms with Gasteiger partial charge in [-0.25, -0.2) is 4.79 Å². The lowest BCUT2D eigenvalue weighted by molar-refractivity contribution is 0.0782. The van der Waals surface area contributed by atoms with Crippen molar-refractivity contribution in [1.29, 1.82) is 0 Å². The Kier molecular flexibility index (Phi) is 5.16. The van der Waals surface area contributed by atoms with E-state index in [4.69, 9.17) is 0 Å². The molecule has 2 aromatic heterocycles. The van der Waals surface area contributed by atoms with E-state index < -0.39 is 0 Å². The van der Waals surface area contributed by atoms with Gasteiger partial charge in [0.2, 0.25) is 0 Å². The van der Waals surface area contributed by atoms with Crippen LogP contribution in [0, 0.1) is 0 Å². The molecule has 156 valence electrons. The number of fused-ring (bicyclic) bond motifs is 1. The zero-order valence-electron chi connectivity index (χ0n) is 17.6. The van der Waals surface area contributed by atoms with Crippen LogP contribution in [0.25, 0.3) is 5.65 Å². The first-order valence-corrected chi connectivity index (χ1v) is 10.1. The third-order valence-electron chi connectivity index (χ3n) is 6.06. The molecule has 0 spiro atoms. The van der Waals surface area contributed by atoms with Crippen LogP contribution in [0.3, 0.4) is 0 Å². The van der Waals surface area contributed by atoms with Crippen LogP contribution in [0.15, 0.2) is 18.3 Å². The van der Waals surface area contributed by atoms with Gasteiger partial charge in [0.15, 0.2) is 5.65 Å². The normalized spacial score (nSPS) is 22.1. The lowest BCUT2D eigenvalue weighted by atomic mass is 10.1. The highest BCUT2D eigenvalue weighted by atomic mass is 16.2. The zero-order valence-corrected chi connectivity index (χ0v) is 17.6. The summed E-state index contributed by atoms with van der Waals surface area (Å²) in [5.74, 6) is 0.979. The first kappa shape index (κ1) is 19.6. The fraction of sp³-hybridized carbons (Fsp3) is 0.600. The van der Waals surface area contributed by atoms with Crippen LogP contribution in [0.5, 0.6) is 0 Å². The van der Waals surface area contributed by atoms with Crippen molar-refractivity contribution in [2.45, 2.75) is 24.8 Å². The van der Waals surface area contributed by atoms with Crippen LogP contribution < -0.4 is 0 Å². The standard InChI is InChI=1S/C20H29N7O2/c1-23(2)16-8-10-25(13-16)19(28)15-5-6-17-21-22-18(27(17)12-15)14-7-9-26(11-14)20(29)24(3)4/h5-6,12,14,16H,7-11,13H2,1-4H3/t14-,16-/m0/s1. The molecular formula is C20H29N7O2. The molecule has 0 bridgehead atoms. The number of urea groups is 1. The second kappa shape index (κ2) is 7.62. The molecule has 2 aromatic rings. The molecule has 0 aromatic carbocycles. The summed E-state index contributed by atoms with van der Waals surface area (Å²) in [6, 6.07) is 4.10. The molecule has 0 aliphatic carbocycles. The van der Waals surface area contributed by atoms with Gasteiger partial charge in [-0.05, 0) is 39.1 Å². The highest BCUT2D eigenvalue weighted by Crippen LogP contribution is 2.27. The second-order valence-corrected chi connectivity index (χ2v) is 8.47. The maximum Gasteiger partial charge on any atom is 0.319 e. The van der Waals surface area contributed by atoms with Crippen LogP contribution in [0.4, 0.5) is 4.79 Å². The van der Waals surface area contributed by atoms with E-state index >= 15 is 0 Å². The number of likely N-dealkylation sites (N-methyl/N-ethyl adjacent to an activating group) is 1. The maximum absolute atomic E-state index is 13.0. The maximum atomic E-state index is 13.0. The Balaban J connectivity index is 1.54. The van der Waals surface area contributed by atoms with Gasteiger partial charge in [0.25, 0.3) is 5.91 Å². The number of hydrogen-bond acceptors (Lipinski definition) is 5. The number of aromatic nitrogens is 3. The Morgan fingerprint density at radius 1 is 1.00 bits per heavy atom. The first-order valence-electron chi connectivity index (χ1n) is 10.1. The van der Waals surface area contributed by atoms with Gasteiger partial charge in [-0.15, -0.1) is 10.2 Å². The Bertz CT molecular complexity index is 923. The topological polar surface area (TPSA) is 77.3 Å². The average Bonchev–Trinajstić information content (AvgIpc) is 3.44. The minimum absolute atomic E-state index is 0.0154. The summed E-state index contributed by atoms with van der Waals surface area (Å²) < 4.78 is 1.92. The van der Waals surface area contributed by atoms with Crippen molar-refractivity contribution in [1.82, 2.24) is 34.2 Å². The number of likely N-dealkylation sites (tertiary alicyclic amines) is 2. The van der Waals surface area contributed by atoms with Gasteiger partial charge in [0, 0.05) is 58.4 Å². The van der Waals surface area contributed by atoms with Crippen molar-refractivity contribution in [3.63, 3.8) is 0 Å². The van der Waals surface area contributed by atoms with E-state index in [0.717, 1.165) is 37.4 Å². The van der Waals surface area contributed by atoms with Crippen molar-refractivity contribution in [3.05, 3.63) is 29.7 Å². The first-order chi connectivity index (χ1) is 13.8. The number of amides is 3. The van der Waals surface area contributed by atoms with E-state index in [1.807, 2.05) is 32.5 Å². The lowest BCUT2D eigenvalue weighted by Gasteiger charge is -2.21. The quantitative estimate of drug-likeness (QED) is 0.769. The molecule has 2 saturated heterocycles. The highest BCUT2D eigenvalue weighted by molar-refractivity contribution is 5.94. The predicted octanol–water partition coefficient (Wildman–Crippen LogP) is 0.976. The summed E-state index contributed by atoms with van der Waals surface area (Å²) in [6.45, 7) is 2.85. The lowest BCUT2D eigenvalue weighted by Crippen LogP contribution is -2.37. The smallest absolute Gasteiger partial charge is 0.319 e. The minimum atomic E-state index is 0.0154. The van der Waals surface area contributed by atoms with E-state index in [-0.39, 0.29) is 17.9 Å². The van der Waals surface area contributed by atoms with Crippen molar-refractivity contribution < 1.29 is 9.59 Å². The molecule has 2 aliphatic heterocycles. The van der Waals surface area contributed by atoms with E-state index in [0.29, 0.717) is 24.7 Å². The Labute approximate surface area is 170 Å². The van der Waals surface area contributed by atoms with Crippen molar-refractivity contribution >= 4 is 17.6 Å². The summed E-state index contributed by atoms with van der Waals surface area (Å²) in [5.41, 5.74) is 1.37. The Hall–Kier alpha value is -2.68. The molecule has 3 amide bonds. The fourth-order valence-corrected chi connectivity index (χ4v) is 4.27. The molecule has 4 rings (SSSR count). The summed E-state index contributed by atoms with van der Waals surface area (Å²) in [5, 5.41) is 8.65. The van der Waals surface area contributed by atoms with Crippen LogP contribution in [0.2, 0.25) is 0 Å². The number of rotatable bonds is 3. The average molecular weight is 399 g/mol. The third-order valence-corrected chi connectivity index (χ3v) is 6.06. The van der Waals surface area contributed by atoms with Gasteiger partial charge in [0.1, 0.15) is 5.82 Å². The SMILES string of the molecule is CN(C)C(=O)N1CC[C@H](c2nnc3ccc(C(=O)N4CC[C@H](N(C)C)C4)cn23)C1. The molecule has 2 fully saturated rings. The van der Waals surface area contributed by atoms with Gasteiger partial charge in [-0.3, -0.25) is 9.20 Å². The number of hydrogen-bond donors (Lipinski definition) is 0. The molecule has 0 unspecified atom stereocenters. The van der Waals surface area contributed by atoms with Gasteiger partial charge >= 0.3 is 6.03 Å². The van der Waals surface area contributed by atoms with Crippen LogP contribution in [-0.4, -0.2) is 107 Å². The number of carbonyl (C=O) groups excluding carboxylic acids is 2. The van der Waals surface area contributed by atoms with Crippen LogP contribution in [0.1, 0.15) is 34.9 Å². The van der Waals surface area contributed by atoms with Crippen molar-refractivity contribution in [2.24, 2.45) is 0 Å². The number of pyridine rings is 1. The predicted molar refractivity (Wildman–Crippen MR) is 109 cm³/mol. The number of carbonyl (C=O) groups is 2. The number of nitrogens with zero attached hydrogens (tertiary/aromatic N) is 7. The summed E-state index contributed by atoms with van der Waals surface area (Å²) in [7, 11) is 7.64. The van der Waals surface area contributed by atoms with E-state index in [2.05, 4.69) is 29.2 Å². The second-order valence-electron chi connectivity index (χ2n) is 8.47. The zero-order chi connectivity index (χ0) is 20.7. The molecular weight excluding hydrogens is 370 g/mol. The molecule has 0 radical (unpaired) electrons. The van der Waals surface area contributed by atoms with E-state index in [1.54, 1.807) is 19.0 Å². The molecule has 4 heterocycles. The fourth-order valence-electron chi connectivity index (χ4n) is 4.27. The van der Waals surface area contributed by atoms with Gasteiger partial charge < -0.3 is 19.6 Å². The Morgan fingerprint density at radius 2 is 1.76 bits per heavy atom. The van der Waals surface area contributed by atoms with Gasteiger partial charge in [-0.2, -0.15) is 0 Å². The van der Waals surface area contributed by atoms with Crippen molar-refractivity contribution in [2.75, 3.05) is 54.4 Å². The molecule has 2 atom stereocenters.